The molecule has 30 heavy (non-hydrogen) atoms. The van der Waals surface area contributed by atoms with E-state index in [1.807, 2.05) is 0 Å². The summed E-state index contributed by atoms with van der Waals surface area (Å²) in [5.41, 5.74) is 1.14. The minimum atomic E-state index is -6.50. The molecule has 2 unspecified atom stereocenters. The number of aryl methyl sites for hydroxylation is 2. The highest BCUT2D eigenvalue weighted by Gasteiger charge is 2.75. The molecule has 0 saturated carbocycles. The highest BCUT2D eigenvalue weighted by molar-refractivity contribution is 5.90. The maximum Gasteiger partial charge on any atom is 0.460 e. The second-order valence-electron chi connectivity index (χ2n) is 6.96. The van der Waals surface area contributed by atoms with Crippen LogP contribution in [0.5, 0.6) is 0 Å². The van der Waals surface area contributed by atoms with E-state index in [0.717, 1.165) is 0 Å². The Morgan fingerprint density at radius 3 is 2.10 bits per heavy atom. The molecular formula is C17H13F7N6. The van der Waals surface area contributed by atoms with Crippen molar-refractivity contribution in [2.75, 3.05) is 0 Å². The first-order valence-corrected chi connectivity index (χ1v) is 8.62. The average Bonchev–Trinajstić information content (AvgIpc) is 3.23. The molecule has 2 atom stereocenters. The Kier molecular flexibility index (Phi) is 4.23. The molecule has 0 spiro atoms. The van der Waals surface area contributed by atoms with Gasteiger partial charge in [0.15, 0.2) is 11.7 Å². The first-order chi connectivity index (χ1) is 13.9. The zero-order chi connectivity index (χ0) is 22.1. The fourth-order valence-electron chi connectivity index (χ4n) is 3.43. The van der Waals surface area contributed by atoms with Crippen LogP contribution in [0.4, 0.5) is 30.7 Å². The first kappa shape index (κ1) is 20.3. The van der Waals surface area contributed by atoms with Gasteiger partial charge in [0.1, 0.15) is 0 Å². The van der Waals surface area contributed by atoms with Crippen LogP contribution in [0.2, 0.25) is 0 Å². The summed E-state index contributed by atoms with van der Waals surface area (Å²) < 4.78 is 95.5. The summed E-state index contributed by atoms with van der Waals surface area (Å²) in [7, 11) is 0. The first-order valence-electron chi connectivity index (χ1n) is 8.62. The Labute approximate surface area is 164 Å². The molecule has 0 amide bonds. The SMILES string of the molecule is Cc1cc(C)n(C2=Nn3c(nnc3C(F)(F)C(F)(F)C(F)(F)F)C3C=CC=CC23)n1. The molecule has 160 valence electrons. The van der Waals surface area contributed by atoms with Gasteiger partial charge >= 0.3 is 18.0 Å². The predicted octanol–water partition coefficient (Wildman–Crippen LogP) is 3.93. The molecule has 0 radical (unpaired) electrons. The zero-order valence-electron chi connectivity index (χ0n) is 15.4. The zero-order valence-corrected chi connectivity index (χ0v) is 15.4. The van der Waals surface area contributed by atoms with E-state index in [0.29, 0.717) is 11.4 Å². The van der Waals surface area contributed by atoms with Gasteiger partial charge in [0.2, 0.25) is 5.82 Å². The summed E-state index contributed by atoms with van der Waals surface area (Å²) in [6.07, 6.45) is -0.0281. The van der Waals surface area contributed by atoms with Gasteiger partial charge < -0.3 is 0 Å². The number of aromatic nitrogens is 5. The number of alkyl halides is 7. The monoisotopic (exact) mass is 434 g/mol. The lowest BCUT2D eigenvalue weighted by molar-refractivity contribution is -0.361. The van der Waals surface area contributed by atoms with Gasteiger partial charge in [-0.1, -0.05) is 24.3 Å². The third kappa shape index (κ3) is 2.70. The van der Waals surface area contributed by atoms with Crippen molar-refractivity contribution in [2.45, 2.75) is 37.8 Å². The molecular weight excluding hydrogens is 421 g/mol. The van der Waals surface area contributed by atoms with E-state index < -0.39 is 35.7 Å². The molecule has 1 aliphatic heterocycles. The molecule has 1 aliphatic carbocycles. The van der Waals surface area contributed by atoms with Gasteiger partial charge in [0.05, 0.1) is 17.5 Å². The summed E-state index contributed by atoms with van der Waals surface area (Å²) in [5.74, 6) is -15.5. The Balaban J connectivity index is 1.93. The molecule has 13 heteroatoms. The Morgan fingerprint density at radius 2 is 1.53 bits per heavy atom. The lowest BCUT2D eigenvalue weighted by Gasteiger charge is -2.31. The molecule has 0 aromatic carbocycles. The summed E-state index contributed by atoms with van der Waals surface area (Å²) in [6, 6.07) is 1.68. The smallest absolute Gasteiger partial charge is 0.221 e. The van der Waals surface area contributed by atoms with Crippen molar-refractivity contribution in [1.29, 1.82) is 0 Å². The van der Waals surface area contributed by atoms with Crippen molar-refractivity contribution >= 4 is 5.84 Å². The highest BCUT2D eigenvalue weighted by atomic mass is 19.4. The predicted molar refractivity (Wildman–Crippen MR) is 89.4 cm³/mol. The van der Waals surface area contributed by atoms with Crippen molar-refractivity contribution in [3.63, 3.8) is 0 Å². The number of hydrogen-bond acceptors (Lipinski definition) is 4. The summed E-state index contributed by atoms with van der Waals surface area (Å²) in [6.45, 7) is 3.34. The van der Waals surface area contributed by atoms with E-state index in [-0.39, 0.29) is 16.3 Å². The van der Waals surface area contributed by atoms with Gasteiger partial charge in [-0.15, -0.1) is 15.3 Å². The van der Waals surface area contributed by atoms with E-state index in [1.54, 1.807) is 44.2 Å². The van der Waals surface area contributed by atoms with Crippen molar-refractivity contribution in [3.8, 4) is 0 Å². The Bertz CT molecular complexity index is 1090. The molecule has 3 heterocycles. The number of allylic oxidation sites excluding steroid dienone is 4. The van der Waals surface area contributed by atoms with Gasteiger partial charge in [0.25, 0.3) is 0 Å². The number of hydrogen-bond donors (Lipinski definition) is 0. The minimum absolute atomic E-state index is 0.0610. The van der Waals surface area contributed by atoms with Crippen LogP contribution in [0, 0.1) is 19.8 Å². The van der Waals surface area contributed by atoms with Gasteiger partial charge in [-0.3, -0.25) is 0 Å². The van der Waals surface area contributed by atoms with E-state index in [4.69, 9.17) is 0 Å². The second-order valence-corrected chi connectivity index (χ2v) is 6.96. The van der Waals surface area contributed by atoms with Crippen LogP contribution in [0.25, 0.3) is 0 Å². The topological polar surface area (TPSA) is 60.9 Å². The molecule has 6 nitrogen and oxygen atoms in total. The number of fused-ring (bicyclic) bond motifs is 3. The molecule has 2 aliphatic rings. The molecule has 0 N–H and O–H groups in total. The summed E-state index contributed by atoms with van der Waals surface area (Å²) >= 11 is 0. The number of rotatable bonds is 2. The van der Waals surface area contributed by atoms with Crippen LogP contribution in [-0.4, -0.2) is 42.6 Å². The van der Waals surface area contributed by atoms with E-state index in [2.05, 4.69) is 20.4 Å². The third-order valence-corrected chi connectivity index (χ3v) is 4.86. The van der Waals surface area contributed by atoms with Crippen molar-refractivity contribution in [3.05, 3.63) is 53.4 Å². The van der Waals surface area contributed by atoms with Gasteiger partial charge in [0, 0.05) is 5.69 Å². The van der Waals surface area contributed by atoms with Crippen LogP contribution in [-0.2, 0) is 5.92 Å². The van der Waals surface area contributed by atoms with Crippen LogP contribution in [0.15, 0.2) is 35.5 Å². The lowest BCUT2D eigenvalue weighted by Crippen LogP contribution is -2.51. The molecule has 0 fully saturated rings. The van der Waals surface area contributed by atoms with E-state index in [1.165, 1.54) is 4.68 Å². The standard InChI is InChI=1S/C17H13F7N6/c1-8-7-9(2)29(27-8)13-11-6-4-3-5-10(11)12-25-26-14(30(12)28-13)15(18,19)16(20,21)17(22,23)24/h3-7,10-11H,1-2H3. The Hall–Kier alpha value is -2.99. The van der Waals surface area contributed by atoms with Crippen molar-refractivity contribution in [1.82, 2.24) is 24.7 Å². The second kappa shape index (κ2) is 6.25. The maximum absolute atomic E-state index is 14.4. The van der Waals surface area contributed by atoms with Gasteiger partial charge in [-0.2, -0.15) is 40.5 Å². The quantitative estimate of drug-likeness (QED) is 0.673. The highest BCUT2D eigenvalue weighted by Crippen LogP contribution is 2.52. The fourth-order valence-corrected chi connectivity index (χ4v) is 3.43. The number of halogens is 7. The van der Waals surface area contributed by atoms with E-state index >= 15 is 0 Å². The van der Waals surface area contributed by atoms with Crippen molar-refractivity contribution < 1.29 is 30.7 Å². The molecule has 4 rings (SSSR count). The van der Waals surface area contributed by atoms with Gasteiger partial charge in [-0.05, 0) is 19.9 Å². The van der Waals surface area contributed by atoms with E-state index in [9.17, 15) is 30.7 Å². The molecule has 2 aromatic rings. The Morgan fingerprint density at radius 1 is 0.900 bits per heavy atom. The van der Waals surface area contributed by atoms with Crippen LogP contribution in [0.1, 0.15) is 29.0 Å². The van der Waals surface area contributed by atoms with Gasteiger partial charge in [-0.25, -0.2) is 4.68 Å². The summed E-state index contributed by atoms with van der Waals surface area (Å²) in [5, 5.41) is 14.6. The molecule has 2 aromatic heterocycles. The third-order valence-electron chi connectivity index (χ3n) is 4.86. The summed E-state index contributed by atoms with van der Waals surface area (Å²) in [4.78, 5) is 0. The number of nitrogens with zero attached hydrogens (tertiary/aromatic N) is 6. The lowest BCUT2D eigenvalue weighted by atomic mass is 9.86. The molecule has 0 saturated heterocycles. The van der Waals surface area contributed by atoms with Crippen LogP contribution >= 0.6 is 0 Å². The average molecular weight is 434 g/mol. The van der Waals surface area contributed by atoms with Crippen LogP contribution in [0.3, 0.4) is 0 Å². The normalized spacial score (nSPS) is 21.4. The molecule has 0 bridgehead atoms. The van der Waals surface area contributed by atoms with Crippen molar-refractivity contribution in [2.24, 2.45) is 11.0 Å². The fraction of sp³-hybridized carbons (Fsp3) is 0.412. The largest absolute Gasteiger partial charge is 0.460 e. The van der Waals surface area contributed by atoms with Crippen LogP contribution < -0.4 is 0 Å². The minimum Gasteiger partial charge on any atom is -0.221 e. The maximum atomic E-state index is 14.4.